The summed E-state index contributed by atoms with van der Waals surface area (Å²) in [5, 5.41) is 0. The van der Waals surface area contributed by atoms with Crippen molar-refractivity contribution in [3.8, 4) is 5.75 Å². The van der Waals surface area contributed by atoms with Crippen LogP contribution in [0.2, 0.25) is 0 Å². The van der Waals surface area contributed by atoms with Gasteiger partial charge in [-0.25, -0.2) is 0 Å². The lowest BCUT2D eigenvalue weighted by Gasteiger charge is -2.11. The van der Waals surface area contributed by atoms with Gasteiger partial charge in [0.1, 0.15) is 5.75 Å². The van der Waals surface area contributed by atoms with Crippen LogP contribution in [0.4, 0.5) is 0 Å². The van der Waals surface area contributed by atoms with Gasteiger partial charge in [-0.3, -0.25) is 9.59 Å². The monoisotopic (exact) mass is 236 g/mol. The Kier molecular flexibility index (Phi) is 4.69. The van der Waals surface area contributed by atoms with Crippen molar-refractivity contribution in [3.05, 3.63) is 29.8 Å². The average Bonchev–Trinajstić information content (AvgIpc) is 2.32. The molecule has 0 aliphatic rings. The van der Waals surface area contributed by atoms with Gasteiger partial charge in [-0.05, 0) is 25.5 Å². The van der Waals surface area contributed by atoms with Crippen molar-refractivity contribution in [2.24, 2.45) is 5.92 Å². The minimum atomic E-state index is -0.860. The van der Waals surface area contributed by atoms with Crippen molar-refractivity contribution in [1.29, 1.82) is 0 Å². The summed E-state index contributed by atoms with van der Waals surface area (Å²) in [6.07, 6.45) is 0.359. The summed E-state index contributed by atoms with van der Waals surface area (Å²) in [6, 6.07) is 7.05. The molecule has 0 amide bonds. The quantitative estimate of drug-likeness (QED) is 0.456. The first-order valence-electron chi connectivity index (χ1n) is 5.44. The van der Waals surface area contributed by atoms with E-state index in [2.05, 4.69) is 4.74 Å². The number of hydrogen-bond donors (Lipinski definition) is 0. The lowest BCUT2D eigenvalue weighted by molar-refractivity contribution is -0.155. The first-order valence-corrected chi connectivity index (χ1v) is 5.44. The molecule has 0 radical (unpaired) electrons. The minimum absolute atomic E-state index is 0.359. The van der Waals surface area contributed by atoms with Gasteiger partial charge in [0, 0.05) is 0 Å². The highest BCUT2D eigenvalue weighted by Gasteiger charge is 2.27. The molecule has 17 heavy (non-hydrogen) atoms. The molecule has 4 heteroatoms. The second kappa shape index (κ2) is 6.03. The molecule has 1 aromatic rings. The van der Waals surface area contributed by atoms with E-state index in [9.17, 15) is 9.59 Å². The van der Waals surface area contributed by atoms with Gasteiger partial charge in [0.15, 0.2) is 5.92 Å². The topological polar surface area (TPSA) is 52.6 Å². The minimum Gasteiger partial charge on any atom is -0.468 e. The van der Waals surface area contributed by atoms with E-state index in [-0.39, 0.29) is 0 Å². The maximum absolute atomic E-state index is 11.7. The van der Waals surface area contributed by atoms with Gasteiger partial charge in [-0.1, -0.05) is 24.6 Å². The van der Waals surface area contributed by atoms with E-state index < -0.39 is 17.9 Å². The Balaban J connectivity index is 2.70. The molecule has 0 fully saturated rings. The van der Waals surface area contributed by atoms with Crippen LogP contribution in [-0.4, -0.2) is 19.0 Å². The molecule has 0 saturated heterocycles. The molecule has 0 aromatic heterocycles. The highest BCUT2D eigenvalue weighted by molar-refractivity contribution is 5.95. The number of aryl methyl sites for hydroxylation is 1. The second-order valence-corrected chi connectivity index (χ2v) is 3.72. The first kappa shape index (κ1) is 13.2. The maximum atomic E-state index is 11.7. The van der Waals surface area contributed by atoms with Gasteiger partial charge < -0.3 is 9.47 Å². The van der Waals surface area contributed by atoms with Crippen molar-refractivity contribution in [2.75, 3.05) is 7.11 Å². The van der Waals surface area contributed by atoms with E-state index in [1.54, 1.807) is 19.1 Å². The molecule has 4 nitrogen and oxygen atoms in total. The van der Waals surface area contributed by atoms with Crippen LogP contribution in [0.5, 0.6) is 5.75 Å². The highest BCUT2D eigenvalue weighted by Crippen LogP contribution is 2.15. The number of rotatable bonds is 4. The lowest BCUT2D eigenvalue weighted by atomic mass is 10.1. The molecular formula is C13H16O4. The van der Waals surface area contributed by atoms with Crippen LogP contribution in [0.25, 0.3) is 0 Å². The largest absolute Gasteiger partial charge is 0.468 e. The molecular weight excluding hydrogens is 220 g/mol. The summed E-state index contributed by atoms with van der Waals surface area (Å²) in [5.74, 6) is -1.57. The van der Waals surface area contributed by atoms with Gasteiger partial charge in [-0.15, -0.1) is 0 Å². The zero-order valence-corrected chi connectivity index (χ0v) is 10.2. The van der Waals surface area contributed by atoms with Crippen molar-refractivity contribution in [1.82, 2.24) is 0 Å². The zero-order chi connectivity index (χ0) is 12.8. The first-order chi connectivity index (χ1) is 8.08. The van der Waals surface area contributed by atoms with Crippen LogP contribution in [0.1, 0.15) is 18.9 Å². The Bertz CT molecular complexity index is 394. The third-order valence-corrected chi connectivity index (χ3v) is 2.42. The fourth-order valence-electron chi connectivity index (χ4n) is 1.37. The summed E-state index contributed by atoms with van der Waals surface area (Å²) >= 11 is 0. The summed E-state index contributed by atoms with van der Waals surface area (Å²) in [7, 11) is 1.25. The van der Waals surface area contributed by atoms with Crippen LogP contribution in [0.15, 0.2) is 24.3 Å². The van der Waals surface area contributed by atoms with Gasteiger partial charge in [0.2, 0.25) is 0 Å². The van der Waals surface area contributed by atoms with Gasteiger partial charge >= 0.3 is 11.9 Å². The number of methoxy groups -OCH3 is 1. The van der Waals surface area contributed by atoms with E-state index in [0.29, 0.717) is 12.2 Å². The van der Waals surface area contributed by atoms with Crippen LogP contribution in [0.3, 0.4) is 0 Å². The number of hydrogen-bond acceptors (Lipinski definition) is 4. The normalized spacial score (nSPS) is 11.7. The number of ether oxygens (including phenoxy) is 2. The molecule has 1 unspecified atom stereocenters. The number of esters is 2. The Morgan fingerprint density at radius 2 is 1.76 bits per heavy atom. The molecule has 1 atom stereocenters. The molecule has 0 bridgehead atoms. The van der Waals surface area contributed by atoms with Crippen molar-refractivity contribution in [2.45, 2.75) is 20.3 Å². The SMILES string of the molecule is CCC(C(=O)OC)C(=O)Oc1ccc(C)cc1. The van der Waals surface area contributed by atoms with Crippen molar-refractivity contribution in [3.63, 3.8) is 0 Å². The molecule has 0 saturated carbocycles. The fourth-order valence-corrected chi connectivity index (χ4v) is 1.37. The predicted octanol–water partition coefficient (Wildman–Crippen LogP) is 2.10. The molecule has 0 heterocycles. The maximum Gasteiger partial charge on any atom is 0.325 e. The van der Waals surface area contributed by atoms with E-state index in [0.717, 1.165) is 5.56 Å². The van der Waals surface area contributed by atoms with E-state index in [1.807, 2.05) is 19.1 Å². The standard InChI is InChI=1S/C13H16O4/c1-4-11(12(14)16-3)13(15)17-10-7-5-9(2)6-8-10/h5-8,11H,4H2,1-3H3. The van der Waals surface area contributed by atoms with Crippen LogP contribution >= 0.6 is 0 Å². The molecule has 0 aliphatic carbocycles. The summed E-state index contributed by atoms with van der Waals surface area (Å²) in [4.78, 5) is 23.0. The third kappa shape index (κ3) is 3.59. The molecule has 0 N–H and O–H groups in total. The smallest absolute Gasteiger partial charge is 0.325 e. The number of carbonyl (C=O) groups excluding carboxylic acids is 2. The lowest BCUT2D eigenvalue weighted by Crippen LogP contribution is -2.28. The zero-order valence-electron chi connectivity index (χ0n) is 10.2. The van der Waals surface area contributed by atoms with Crippen LogP contribution in [-0.2, 0) is 14.3 Å². The second-order valence-electron chi connectivity index (χ2n) is 3.72. The Labute approximate surface area is 101 Å². The summed E-state index contributed by atoms with van der Waals surface area (Å²) < 4.78 is 9.65. The Morgan fingerprint density at radius 1 is 1.18 bits per heavy atom. The number of benzene rings is 1. The van der Waals surface area contributed by atoms with Gasteiger partial charge in [0.25, 0.3) is 0 Å². The van der Waals surface area contributed by atoms with Crippen LogP contribution < -0.4 is 4.74 Å². The Hall–Kier alpha value is -1.84. The molecule has 0 spiro atoms. The number of carbonyl (C=O) groups is 2. The van der Waals surface area contributed by atoms with Gasteiger partial charge in [0.05, 0.1) is 7.11 Å². The fraction of sp³-hybridized carbons (Fsp3) is 0.385. The molecule has 1 aromatic carbocycles. The van der Waals surface area contributed by atoms with Crippen molar-refractivity contribution >= 4 is 11.9 Å². The average molecular weight is 236 g/mol. The van der Waals surface area contributed by atoms with Crippen molar-refractivity contribution < 1.29 is 19.1 Å². The van der Waals surface area contributed by atoms with Crippen LogP contribution in [0, 0.1) is 12.8 Å². The molecule has 92 valence electrons. The van der Waals surface area contributed by atoms with E-state index in [4.69, 9.17) is 4.74 Å². The predicted molar refractivity (Wildman–Crippen MR) is 62.6 cm³/mol. The van der Waals surface area contributed by atoms with E-state index >= 15 is 0 Å². The third-order valence-electron chi connectivity index (χ3n) is 2.42. The summed E-state index contributed by atoms with van der Waals surface area (Å²) in [5.41, 5.74) is 1.07. The molecule has 0 aliphatic heterocycles. The summed E-state index contributed by atoms with van der Waals surface area (Å²) in [6.45, 7) is 3.67. The Morgan fingerprint density at radius 3 is 2.24 bits per heavy atom. The highest BCUT2D eigenvalue weighted by atomic mass is 16.6. The molecule has 1 rings (SSSR count). The van der Waals surface area contributed by atoms with E-state index in [1.165, 1.54) is 7.11 Å². The van der Waals surface area contributed by atoms with Gasteiger partial charge in [-0.2, -0.15) is 0 Å².